The zero-order valence-electron chi connectivity index (χ0n) is 17.5. The zero-order valence-corrected chi connectivity index (χ0v) is 17.5. The van der Waals surface area contributed by atoms with E-state index in [9.17, 15) is 0 Å². The molecule has 3 rings (SSSR count). The number of ether oxygens (including phenoxy) is 2. The highest BCUT2D eigenvalue weighted by Gasteiger charge is 2.28. The van der Waals surface area contributed by atoms with Crippen molar-refractivity contribution in [1.82, 2.24) is 4.90 Å². The molecular formula is C25H35NO2. The molecule has 0 aromatic heterocycles. The standard InChI is InChI=1S/C25H35NO2/c1-3-4-8-17-26-18-15-23(25(20-26)27-2)16-19-28-24-13-11-22(12-14-24)21-9-6-5-7-10-21/h5-7,9-14,23,25H,3-4,8,15-20H2,1-2H3/t23-,25+/m1/s1. The van der Waals surface area contributed by atoms with E-state index >= 15 is 0 Å². The van der Waals surface area contributed by atoms with Crippen LogP contribution >= 0.6 is 0 Å². The highest BCUT2D eigenvalue weighted by Crippen LogP contribution is 2.25. The SMILES string of the molecule is CCCCCN1CC[C@H](CCOc2ccc(-c3ccccc3)cc2)[C@@H](OC)C1. The van der Waals surface area contributed by atoms with E-state index in [4.69, 9.17) is 9.47 Å². The summed E-state index contributed by atoms with van der Waals surface area (Å²) >= 11 is 0. The van der Waals surface area contributed by atoms with Gasteiger partial charge in [-0.05, 0) is 61.5 Å². The molecule has 0 bridgehead atoms. The first kappa shape index (κ1) is 20.9. The van der Waals surface area contributed by atoms with Crippen molar-refractivity contribution in [2.75, 3.05) is 33.4 Å². The second-order valence-corrected chi connectivity index (χ2v) is 7.86. The first-order chi connectivity index (χ1) is 13.8. The molecule has 2 aromatic carbocycles. The Balaban J connectivity index is 1.43. The summed E-state index contributed by atoms with van der Waals surface area (Å²) in [5, 5.41) is 0. The highest BCUT2D eigenvalue weighted by molar-refractivity contribution is 5.63. The molecule has 0 radical (unpaired) electrons. The molecule has 0 amide bonds. The van der Waals surface area contributed by atoms with Gasteiger partial charge in [0.25, 0.3) is 0 Å². The Morgan fingerprint density at radius 3 is 2.43 bits per heavy atom. The normalized spacial score (nSPS) is 20.2. The molecule has 1 aliphatic rings. The Morgan fingerprint density at radius 1 is 0.964 bits per heavy atom. The van der Waals surface area contributed by atoms with Gasteiger partial charge in [-0.15, -0.1) is 0 Å². The summed E-state index contributed by atoms with van der Waals surface area (Å²) in [6.07, 6.45) is 6.52. The molecule has 0 aliphatic carbocycles. The molecule has 152 valence electrons. The molecule has 0 spiro atoms. The van der Waals surface area contributed by atoms with Gasteiger partial charge in [-0.1, -0.05) is 62.2 Å². The predicted octanol–water partition coefficient (Wildman–Crippen LogP) is 5.65. The summed E-state index contributed by atoms with van der Waals surface area (Å²) in [5.74, 6) is 1.54. The minimum Gasteiger partial charge on any atom is -0.494 e. The van der Waals surface area contributed by atoms with Gasteiger partial charge in [-0.3, -0.25) is 0 Å². The van der Waals surface area contributed by atoms with Crippen LogP contribution in [0.3, 0.4) is 0 Å². The summed E-state index contributed by atoms with van der Waals surface area (Å²) in [6, 6.07) is 18.9. The highest BCUT2D eigenvalue weighted by atomic mass is 16.5. The topological polar surface area (TPSA) is 21.7 Å². The minimum atomic E-state index is 0.333. The van der Waals surface area contributed by atoms with Gasteiger partial charge >= 0.3 is 0 Å². The van der Waals surface area contributed by atoms with Crippen molar-refractivity contribution in [3.63, 3.8) is 0 Å². The molecule has 3 heteroatoms. The lowest BCUT2D eigenvalue weighted by molar-refractivity contribution is -0.0180. The lowest BCUT2D eigenvalue weighted by Gasteiger charge is -2.37. The summed E-state index contributed by atoms with van der Waals surface area (Å²) in [5.41, 5.74) is 2.46. The molecular weight excluding hydrogens is 346 g/mol. The molecule has 3 nitrogen and oxygen atoms in total. The molecule has 2 aromatic rings. The van der Waals surface area contributed by atoms with Crippen LogP contribution in [0.25, 0.3) is 11.1 Å². The Labute approximate surface area is 170 Å². The number of likely N-dealkylation sites (tertiary alicyclic amines) is 1. The van der Waals surface area contributed by atoms with E-state index in [0.717, 1.165) is 25.3 Å². The van der Waals surface area contributed by atoms with E-state index in [-0.39, 0.29) is 0 Å². The number of hydrogen-bond donors (Lipinski definition) is 0. The van der Waals surface area contributed by atoms with Crippen LogP contribution in [0.1, 0.15) is 39.0 Å². The molecule has 1 saturated heterocycles. The van der Waals surface area contributed by atoms with E-state index in [1.807, 2.05) is 13.2 Å². The zero-order chi connectivity index (χ0) is 19.6. The summed E-state index contributed by atoms with van der Waals surface area (Å²) in [6.45, 7) is 6.49. The molecule has 0 saturated carbocycles. The van der Waals surface area contributed by atoms with E-state index in [2.05, 4.69) is 60.4 Å². The molecule has 1 heterocycles. The number of piperidine rings is 1. The largest absolute Gasteiger partial charge is 0.494 e. The van der Waals surface area contributed by atoms with Crippen molar-refractivity contribution in [2.24, 2.45) is 5.92 Å². The molecule has 2 atom stereocenters. The fourth-order valence-corrected chi connectivity index (χ4v) is 4.12. The Bertz CT molecular complexity index is 671. The average Bonchev–Trinajstić information content (AvgIpc) is 2.76. The monoisotopic (exact) mass is 381 g/mol. The first-order valence-electron chi connectivity index (χ1n) is 10.8. The van der Waals surface area contributed by atoms with Gasteiger partial charge in [0, 0.05) is 13.7 Å². The van der Waals surface area contributed by atoms with Crippen molar-refractivity contribution >= 4 is 0 Å². The van der Waals surface area contributed by atoms with Crippen molar-refractivity contribution < 1.29 is 9.47 Å². The number of rotatable bonds is 10. The van der Waals surface area contributed by atoms with Gasteiger partial charge in [-0.25, -0.2) is 0 Å². The van der Waals surface area contributed by atoms with Crippen molar-refractivity contribution in [2.45, 2.75) is 45.1 Å². The Hall–Kier alpha value is -1.84. The van der Waals surface area contributed by atoms with Crippen LogP contribution in [0.4, 0.5) is 0 Å². The number of unbranched alkanes of at least 4 members (excludes halogenated alkanes) is 2. The van der Waals surface area contributed by atoms with Crippen molar-refractivity contribution in [1.29, 1.82) is 0 Å². The van der Waals surface area contributed by atoms with Gasteiger partial charge in [0.15, 0.2) is 0 Å². The third-order valence-corrected chi connectivity index (χ3v) is 5.88. The van der Waals surface area contributed by atoms with Gasteiger partial charge in [0.2, 0.25) is 0 Å². The summed E-state index contributed by atoms with van der Waals surface area (Å²) in [7, 11) is 1.86. The third kappa shape index (κ3) is 6.08. The van der Waals surface area contributed by atoms with Gasteiger partial charge in [-0.2, -0.15) is 0 Å². The van der Waals surface area contributed by atoms with Crippen LogP contribution in [0.2, 0.25) is 0 Å². The number of nitrogens with zero attached hydrogens (tertiary/aromatic N) is 1. The van der Waals surface area contributed by atoms with Crippen LogP contribution in [0, 0.1) is 5.92 Å². The summed E-state index contributed by atoms with van der Waals surface area (Å²) in [4.78, 5) is 2.57. The van der Waals surface area contributed by atoms with E-state index < -0.39 is 0 Å². The Kier molecular flexibility index (Phi) is 8.38. The fourth-order valence-electron chi connectivity index (χ4n) is 4.12. The van der Waals surface area contributed by atoms with Gasteiger partial charge in [0.1, 0.15) is 5.75 Å². The lowest BCUT2D eigenvalue weighted by Crippen LogP contribution is -2.45. The second kappa shape index (κ2) is 11.2. The van der Waals surface area contributed by atoms with Crippen molar-refractivity contribution in [3.8, 4) is 16.9 Å². The fraction of sp³-hybridized carbons (Fsp3) is 0.520. The maximum Gasteiger partial charge on any atom is 0.119 e. The molecule has 28 heavy (non-hydrogen) atoms. The van der Waals surface area contributed by atoms with Crippen LogP contribution in [0.15, 0.2) is 54.6 Å². The maximum atomic E-state index is 6.03. The molecule has 0 N–H and O–H groups in total. The summed E-state index contributed by atoms with van der Waals surface area (Å²) < 4.78 is 11.8. The van der Waals surface area contributed by atoms with E-state index in [1.165, 1.54) is 49.9 Å². The van der Waals surface area contributed by atoms with Crippen LogP contribution in [0.5, 0.6) is 5.75 Å². The van der Waals surface area contributed by atoms with E-state index in [0.29, 0.717) is 12.0 Å². The quantitative estimate of drug-likeness (QED) is 0.496. The van der Waals surface area contributed by atoms with Crippen LogP contribution in [-0.4, -0.2) is 44.4 Å². The maximum absolute atomic E-state index is 6.03. The van der Waals surface area contributed by atoms with Crippen molar-refractivity contribution in [3.05, 3.63) is 54.6 Å². The van der Waals surface area contributed by atoms with E-state index in [1.54, 1.807) is 0 Å². The predicted molar refractivity (Wildman–Crippen MR) is 117 cm³/mol. The number of hydrogen-bond acceptors (Lipinski definition) is 3. The lowest BCUT2D eigenvalue weighted by atomic mass is 9.90. The second-order valence-electron chi connectivity index (χ2n) is 7.86. The third-order valence-electron chi connectivity index (χ3n) is 5.88. The van der Waals surface area contributed by atoms with Crippen LogP contribution < -0.4 is 4.74 Å². The Morgan fingerprint density at radius 2 is 1.71 bits per heavy atom. The molecule has 1 aliphatic heterocycles. The van der Waals surface area contributed by atoms with Crippen LogP contribution in [-0.2, 0) is 4.74 Å². The number of methoxy groups -OCH3 is 1. The molecule has 0 unspecified atom stereocenters. The first-order valence-corrected chi connectivity index (χ1v) is 10.8. The van der Waals surface area contributed by atoms with Gasteiger partial charge in [0.05, 0.1) is 12.7 Å². The minimum absolute atomic E-state index is 0.333. The molecule has 1 fully saturated rings. The number of benzene rings is 2. The smallest absolute Gasteiger partial charge is 0.119 e. The average molecular weight is 382 g/mol. The van der Waals surface area contributed by atoms with Gasteiger partial charge < -0.3 is 14.4 Å².